The van der Waals surface area contributed by atoms with Gasteiger partial charge in [-0.25, -0.2) is 9.97 Å². The summed E-state index contributed by atoms with van der Waals surface area (Å²) in [5.41, 5.74) is 6.30. The monoisotopic (exact) mass is 360 g/mol. The molecule has 0 aliphatic rings. The van der Waals surface area contributed by atoms with E-state index in [2.05, 4.69) is 31.2 Å². The Morgan fingerprint density at radius 1 is 1.19 bits per heavy atom. The summed E-state index contributed by atoms with van der Waals surface area (Å²) in [5, 5.41) is 2.88. The highest BCUT2D eigenvalue weighted by atomic mass is 79.9. The number of hydrogen-bond donors (Lipinski definition) is 2. The third kappa shape index (κ3) is 4.07. The zero-order valence-corrected chi connectivity index (χ0v) is 12.5. The molecule has 21 heavy (non-hydrogen) atoms. The van der Waals surface area contributed by atoms with Gasteiger partial charge in [-0.05, 0) is 24.6 Å². The van der Waals surface area contributed by atoms with Gasteiger partial charge in [0.2, 0.25) is 5.82 Å². The van der Waals surface area contributed by atoms with E-state index in [9.17, 15) is 13.2 Å². The standard InChI is InChI=1S/C13H12BrF3N4/c1-7(8-2-4-9(14)5-3-8)19-11-6-10(18)20-12(21-11)13(15,16)17/h2-7H,1H3,(H3,18,19,20,21). The second-order valence-corrected chi connectivity index (χ2v) is 5.33. The van der Waals surface area contributed by atoms with Crippen molar-refractivity contribution in [3.63, 3.8) is 0 Å². The zero-order chi connectivity index (χ0) is 15.6. The lowest BCUT2D eigenvalue weighted by atomic mass is 10.1. The minimum atomic E-state index is -4.63. The van der Waals surface area contributed by atoms with Crippen LogP contribution in [0.25, 0.3) is 0 Å². The molecule has 2 rings (SSSR count). The van der Waals surface area contributed by atoms with E-state index in [1.54, 1.807) is 0 Å². The first kappa shape index (κ1) is 15.6. The topological polar surface area (TPSA) is 63.8 Å². The number of nitrogens with zero attached hydrogens (tertiary/aromatic N) is 2. The van der Waals surface area contributed by atoms with Crippen molar-refractivity contribution in [3.05, 3.63) is 46.2 Å². The first-order chi connectivity index (χ1) is 9.75. The van der Waals surface area contributed by atoms with Gasteiger partial charge in [0.05, 0.1) is 0 Å². The number of anilines is 2. The average molecular weight is 361 g/mol. The summed E-state index contributed by atoms with van der Waals surface area (Å²) in [6, 6.07) is 8.46. The molecule has 1 aromatic carbocycles. The van der Waals surface area contributed by atoms with Crippen molar-refractivity contribution in [2.75, 3.05) is 11.1 Å². The quantitative estimate of drug-likeness (QED) is 0.867. The fraction of sp³-hybridized carbons (Fsp3) is 0.231. The smallest absolute Gasteiger partial charge is 0.384 e. The molecule has 0 aliphatic carbocycles. The van der Waals surface area contributed by atoms with E-state index >= 15 is 0 Å². The Kier molecular flexibility index (Phi) is 4.36. The Hall–Kier alpha value is -1.83. The molecule has 0 saturated carbocycles. The van der Waals surface area contributed by atoms with E-state index in [0.717, 1.165) is 10.0 Å². The molecule has 4 nitrogen and oxygen atoms in total. The number of alkyl halides is 3. The van der Waals surface area contributed by atoms with Crippen molar-refractivity contribution in [3.8, 4) is 0 Å². The second-order valence-electron chi connectivity index (χ2n) is 4.42. The lowest BCUT2D eigenvalue weighted by molar-refractivity contribution is -0.144. The van der Waals surface area contributed by atoms with Crippen molar-refractivity contribution in [2.24, 2.45) is 0 Å². The minimum absolute atomic E-state index is 0.0326. The summed E-state index contributed by atoms with van der Waals surface area (Å²) in [7, 11) is 0. The van der Waals surface area contributed by atoms with Crippen LogP contribution in [0.4, 0.5) is 24.8 Å². The zero-order valence-electron chi connectivity index (χ0n) is 10.9. The number of halogens is 4. The molecule has 1 atom stereocenters. The van der Waals surface area contributed by atoms with E-state index < -0.39 is 12.0 Å². The summed E-state index contributed by atoms with van der Waals surface area (Å²) in [4.78, 5) is 6.64. The number of nitrogens with one attached hydrogen (secondary N) is 1. The van der Waals surface area contributed by atoms with E-state index in [4.69, 9.17) is 5.73 Å². The SMILES string of the molecule is CC(Nc1cc(N)nc(C(F)(F)F)n1)c1ccc(Br)cc1. The molecular weight excluding hydrogens is 349 g/mol. The molecule has 1 heterocycles. The van der Waals surface area contributed by atoms with Crippen molar-refractivity contribution >= 4 is 27.6 Å². The number of hydrogen-bond acceptors (Lipinski definition) is 4. The normalized spacial score (nSPS) is 13.0. The predicted octanol–water partition coefficient (Wildman–Crippen LogP) is 4.01. The molecule has 0 spiro atoms. The van der Waals surface area contributed by atoms with Crippen LogP contribution >= 0.6 is 15.9 Å². The maximum atomic E-state index is 12.6. The summed E-state index contributed by atoms with van der Waals surface area (Å²) in [5.74, 6) is -1.46. The van der Waals surface area contributed by atoms with Crippen LogP contribution in [0, 0.1) is 0 Å². The van der Waals surface area contributed by atoms with Gasteiger partial charge in [0, 0.05) is 16.6 Å². The molecule has 8 heteroatoms. The van der Waals surface area contributed by atoms with Crippen LogP contribution in [0.15, 0.2) is 34.8 Å². The first-order valence-corrected chi connectivity index (χ1v) is 6.79. The molecule has 0 radical (unpaired) electrons. The van der Waals surface area contributed by atoms with Gasteiger partial charge < -0.3 is 11.1 Å². The third-order valence-corrected chi connectivity index (χ3v) is 3.26. The molecular formula is C13H12BrF3N4. The maximum absolute atomic E-state index is 12.6. The molecule has 112 valence electrons. The van der Waals surface area contributed by atoms with Gasteiger partial charge in [-0.1, -0.05) is 28.1 Å². The lowest BCUT2D eigenvalue weighted by Crippen LogP contribution is -2.15. The largest absolute Gasteiger partial charge is 0.451 e. The highest BCUT2D eigenvalue weighted by Gasteiger charge is 2.35. The van der Waals surface area contributed by atoms with Crippen LogP contribution in [0.5, 0.6) is 0 Å². The fourth-order valence-electron chi connectivity index (χ4n) is 1.72. The van der Waals surface area contributed by atoms with Gasteiger partial charge in [0.1, 0.15) is 11.6 Å². The number of nitrogen functional groups attached to an aromatic ring is 1. The van der Waals surface area contributed by atoms with E-state index in [0.29, 0.717) is 0 Å². The summed E-state index contributed by atoms with van der Waals surface area (Å²) < 4.78 is 38.8. The van der Waals surface area contributed by atoms with Gasteiger partial charge in [-0.15, -0.1) is 0 Å². The number of rotatable bonds is 3. The van der Waals surface area contributed by atoms with Crippen molar-refractivity contribution < 1.29 is 13.2 Å². The molecule has 1 aromatic heterocycles. The molecule has 0 bridgehead atoms. The minimum Gasteiger partial charge on any atom is -0.384 e. The summed E-state index contributed by atoms with van der Waals surface area (Å²) in [6.07, 6.45) is -4.63. The molecule has 0 fully saturated rings. The number of nitrogens with two attached hydrogens (primary N) is 1. The predicted molar refractivity (Wildman–Crippen MR) is 77.6 cm³/mol. The van der Waals surface area contributed by atoms with Crippen LogP contribution in [0.1, 0.15) is 24.4 Å². The lowest BCUT2D eigenvalue weighted by Gasteiger charge is -2.16. The van der Waals surface area contributed by atoms with Crippen LogP contribution in [-0.2, 0) is 6.18 Å². The second kappa shape index (κ2) is 5.88. The van der Waals surface area contributed by atoms with Crippen molar-refractivity contribution in [1.29, 1.82) is 0 Å². The highest BCUT2D eigenvalue weighted by molar-refractivity contribution is 9.10. The van der Waals surface area contributed by atoms with E-state index in [1.165, 1.54) is 6.07 Å². The van der Waals surface area contributed by atoms with Gasteiger partial charge in [0.15, 0.2) is 0 Å². The third-order valence-electron chi connectivity index (χ3n) is 2.73. The molecule has 2 aromatic rings. The van der Waals surface area contributed by atoms with Gasteiger partial charge in [-0.3, -0.25) is 0 Å². The fourth-order valence-corrected chi connectivity index (χ4v) is 1.99. The molecule has 0 amide bonds. The summed E-state index contributed by atoms with van der Waals surface area (Å²) in [6.45, 7) is 1.81. The Bertz CT molecular complexity index is 628. The molecule has 0 saturated heterocycles. The van der Waals surface area contributed by atoms with E-state index in [-0.39, 0.29) is 17.7 Å². The average Bonchev–Trinajstić information content (AvgIpc) is 2.37. The van der Waals surface area contributed by atoms with Gasteiger partial charge >= 0.3 is 6.18 Å². The Morgan fingerprint density at radius 2 is 1.81 bits per heavy atom. The van der Waals surface area contributed by atoms with Crippen LogP contribution in [0.3, 0.4) is 0 Å². The maximum Gasteiger partial charge on any atom is 0.451 e. The van der Waals surface area contributed by atoms with Crippen LogP contribution < -0.4 is 11.1 Å². The first-order valence-electron chi connectivity index (χ1n) is 5.99. The summed E-state index contributed by atoms with van der Waals surface area (Å²) >= 11 is 3.32. The van der Waals surface area contributed by atoms with Crippen molar-refractivity contribution in [1.82, 2.24) is 9.97 Å². The van der Waals surface area contributed by atoms with Crippen LogP contribution in [0.2, 0.25) is 0 Å². The molecule has 1 unspecified atom stereocenters. The van der Waals surface area contributed by atoms with E-state index in [1.807, 2.05) is 31.2 Å². The Balaban J connectivity index is 2.23. The molecule has 3 N–H and O–H groups in total. The Morgan fingerprint density at radius 3 is 2.38 bits per heavy atom. The van der Waals surface area contributed by atoms with Gasteiger partial charge in [0.25, 0.3) is 0 Å². The van der Waals surface area contributed by atoms with Crippen molar-refractivity contribution in [2.45, 2.75) is 19.1 Å². The Labute approximate surface area is 127 Å². The number of benzene rings is 1. The highest BCUT2D eigenvalue weighted by Crippen LogP contribution is 2.28. The molecule has 0 aliphatic heterocycles. The van der Waals surface area contributed by atoms with Crippen LogP contribution in [-0.4, -0.2) is 9.97 Å². The van der Waals surface area contributed by atoms with Gasteiger partial charge in [-0.2, -0.15) is 13.2 Å². The number of aromatic nitrogens is 2.